The minimum atomic E-state index is -0.271. The molecule has 1 heterocycles. The Balaban J connectivity index is 2.11. The minimum absolute atomic E-state index is 0.271. The van der Waals surface area contributed by atoms with Crippen LogP contribution in [0.1, 0.15) is 53.9 Å². The van der Waals surface area contributed by atoms with E-state index in [4.69, 9.17) is 17.0 Å². The number of nitrogens with one attached hydrogen (secondary N) is 2. The lowest BCUT2D eigenvalue weighted by molar-refractivity contribution is 0.0601. The molecule has 0 saturated carbocycles. The Morgan fingerprint density at radius 1 is 1.36 bits per heavy atom. The smallest absolute Gasteiger partial charge is 0.341 e. The molecule has 0 radical (unpaired) electrons. The first-order chi connectivity index (χ1) is 10.5. The number of esters is 1. The maximum absolute atomic E-state index is 12.1. The average Bonchev–Trinajstić information content (AvgIpc) is 2.83. The topological polar surface area (TPSA) is 50.4 Å². The molecule has 0 spiro atoms. The van der Waals surface area contributed by atoms with Gasteiger partial charge in [-0.15, -0.1) is 11.3 Å². The summed E-state index contributed by atoms with van der Waals surface area (Å²) in [5.41, 5.74) is 1.82. The lowest BCUT2D eigenvalue weighted by atomic mass is 9.95. The molecule has 0 aliphatic heterocycles. The van der Waals surface area contributed by atoms with Gasteiger partial charge in [0.1, 0.15) is 5.00 Å². The number of anilines is 1. The molecule has 0 aromatic carbocycles. The standard InChI is InChI=1S/C16H24N2O2S2/c1-10(2)8-9-17-16(21)18-14-13(15(19)20-3)11-6-4-5-7-12(11)22-14/h10H,4-9H2,1-3H3,(H2,17,18,21). The van der Waals surface area contributed by atoms with Gasteiger partial charge in [-0.2, -0.15) is 0 Å². The molecule has 2 N–H and O–H groups in total. The van der Waals surface area contributed by atoms with Crippen LogP contribution in [0.25, 0.3) is 0 Å². The molecule has 4 nitrogen and oxygen atoms in total. The van der Waals surface area contributed by atoms with Crippen molar-refractivity contribution in [2.75, 3.05) is 19.0 Å². The van der Waals surface area contributed by atoms with Crippen LogP contribution in [0.4, 0.5) is 5.00 Å². The third-order valence-electron chi connectivity index (χ3n) is 3.80. The Bertz CT molecular complexity index is 553. The van der Waals surface area contributed by atoms with Crippen LogP contribution < -0.4 is 10.6 Å². The first kappa shape index (κ1) is 17.2. The van der Waals surface area contributed by atoms with Gasteiger partial charge in [0, 0.05) is 11.4 Å². The van der Waals surface area contributed by atoms with E-state index in [0.717, 1.165) is 42.8 Å². The molecule has 0 unspecified atom stereocenters. The van der Waals surface area contributed by atoms with Crippen molar-refractivity contribution in [2.45, 2.75) is 46.0 Å². The van der Waals surface area contributed by atoms with E-state index in [1.54, 1.807) is 11.3 Å². The highest BCUT2D eigenvalue weighted by Gasteiger charge is 2.26. The van der Waals surface area contributed by atoms with E-state index < -0.39 is 0 Å². The molecule has 1 aliphatic rings. The largest absolute Gasteiger partial charge is 0.465 e. The summed E-state index contributed by atoms with van der Waals surface area (Å²) in [5.74, 6) is 0.363. The highest BCUT2D eigenvalue weighted by atomic mass is 32.1. The van der Waals surface area contributed by atoms with Crippen LogP contribution >= 0.6 is 23.6 Å². The highest BCUT2D eigenvalue weighted by molar-refractivity contribution is 7.80. The van der Waals surface area contributed by atoms with E-state index >= 15 is 0 Å². The van der Waals surface area contributed by atoms with E-state index in [2.05, 4.69) is 24.5 Å². The number of methoxy groups -OCH3 is 1. The summed E-state index contributed by atoms with van der Waals surface area (Å²) in [7, 11) is 1.43. The third-order valence-corrected chi connectivity index (χ3v) is 5.25. The van der Waals surface area contributed by atoms with Crippen LogP contribution in [0.5, 0.6) is 0 Å². The van der Waals surface area contributed by atoms with Crippen molar-refractivity contribution in [3.63, 3.8) is 0 Å². The fourth-order valence-electron chi connectivity index (χ4n) is 2.59. The highest BCUT2D eigenvalue weighted by Crippen LogP contribution is 2.38. The molecular formula is C16H24N2O2S2. The van der Waals surface area contributed by atoms with Gasteiger partial charge in [-0.05, 0) is 55.8 Å². The number of aryl methyl sites for hydroxylation is 1. The summed E-state index contributed by atoms with van der Waals surface area (Å²) in [6.07, 6.45) is 5.37. The molecule has 1 aliphatic carbocycles. The predicted molar refractivity (Wildman–Crippen MR) is 96.0 cm³/mol. The van der Waals surface area contributed by atoms with Crippen molar-refractivity contribution in [2.24, 2.45) is 5.92 Å². The quantitative estimate of drug-likeness (QED) is 0.631. The summed E-state index contributed by atoms with van der Waals surface area (Å²) in [6, 6.07) is 0. The van der Waals surface area contributed by atoms with Crippen LogP contribution in [-0.4, -0.2) is 24.7 Å². The molecule has 0 fully saturated rings. The minimum Gasteiger partial charge on any atom is -0.465 e. The van der Waals surface area contributed by atoms with Crippen molar-refractivity contribution in [1.82, 2.24) is 5.32 Å². The normalized spacial score (nSPS) is 13.6. The fraction of sp³-hybridized carbons (Fsp3) is 0.625. The first-order valence-electron chi connectivity index (χ1n) is 7.80. The first-order valence-corrected chi connectivity index (χ1v) is 9.03. The molecule has 1 aromatic heterocycles. The van der Waals surface area contributed by atoms with Crippen molar-refractivity contribution in [1.29, 1.82) is 0 Å². The Labute approximate surface area is 141 Å². The zero-order valence-electron chi connectivity index (χ0n) is 13.5. The van der Waals surface area contributed by atoms with Crippen LogP contribution in [0.3, 0.4) is 0 Å². The van der Waals surface area contributed by atoms with Gasteiger partial charge in [-0.1, -0.05) is 13.8 Å². The van der Waals surface area contributed by atoms with Crippen LogP contribution in [0, 0.1) is 5.92 Å². The summed E-state index contributed by atoms with van der Waals surface area (Å²) in [4.78, 5) is 13.4. The molecule has 6 heteroatoms. The van der Waals surface area contributed by atoms with Crippen molar-refractivity contribution in [3.05, 3.63) is 16.0 Å². The monoisotopic (exact) mass is 340 g/mol. The second kappa shape index (κ2) is 7.92. The Morgan fingerprint density at radius 3 is 2.77 bits per heavy atom. The Kier molecular flexibility index (Phi) is 6.20. The van der Waals surface area contributed by atoms with E-state index in [1.165, 1.54) is 18.4 Å². The molecule has 22 heavy (non-hydrogen) atoms. The Hall–Kier alpha value is -1.14. The van der Waals surface area contributed by atoms with Gasteiger partial charge >= 0.3 is 5.97 Å². The lowest BCUT2D eigenvalue weighted by Crippen LogP contribution is -2.30. The summed E-state index contributed by atoms with van der Waals surface area (Å²) in [6.45, 7) is 5.20. The van der Waals surface area contributed by atoms with Gasteiger partial charge in [0.2, 0.25) is 0 Å². The van der Waals surface area contributed by atoms with E-state index in [-0.39, 0.29) is 5.97 Å². The number of thiocarbonyl (C=S) groups is 1. The molecule has 0 amide bonds. The maximum Gasteiger partial charge on any atom is 0.341 e. The lowest BCUT2D eigenvalue weighted by Gasteiger charge is -2.13. The summed E-state index contributed by atoms with van der Waals surface area (Å²) < 4.78 is 4.96. The number of carbonyl (C=O) groups excluding carboxylic acids is 1. The number of hydrogen-bond acceptors (Lipinski definition) is 4. The second-order valence-electron chi connectivity index (χ2n) is 5.97. The molecule has 0 saturated heterocycles. The van der Waals surface area contributed by atoms with Gasteiger partial charge in [-0.25, -0.2) is 4.79 Å². The van der Waals surface area contributed by atoms with Crippen molar-refractivity contribution >= 4 is 39.6 Å². The third kappa shape index (κ3) is 4.20. The number of ether oxygens (including phenoxy) is 1. The summed E-state index contributed by atoms with van der Waals surface area (Å²) >= 11 is 6.98. The number of thiophene rings is 1. The number of rotatable bonds is 5. The zero-order valence-corrected chi connectivity index (χ0v) is 15.1. The number of carbonyl (C=O) groups is 1. The van der Waals surface area contributed by atoms with Gasteiger partial charge < -0.3 is 15.4 Å². The van der Waals surface area contributed by atoms with Gasteiger partial charge in [0.25, 0.3) is 0 Å². The van der Waals surface area contributed by atoms with E-state index in [0.29, 0.717) is 16.6 Å². The maximum atomic E-state index is 12.1. The fourth-order valence-corrected chi connectivity index (χ4v) is 4.14. The van der Waals surface area contributed by atoms with E-state index in [1.807, 2.05) is 0 Å². The summed E-state index contributed by atoms with van der Waals surface area (Å²) in [5, 5.41) is 7.79. The molecule has 2 rings (SSSR count). The second-order valence-corrected chi connectivity index (χ2v) is 7.48. The van der Waals surface area contributed by atoms with Crippen LogP contribution in [0.2, 0.25) is 0 Å². The van der Waals surface area contributed by atoms with E-state index in [9.17, 15) is 4.79 Å². The molecule has 0 bridgehead atoms. The van der Waals surface area contributed by atoms with Gasteiger partial charge in [0.05, 0.1) is 12.7 Å². The van der Waals surface area contributed by atoms with Gasteiger partial charge in [-0.3, -0.25) is 0 Å². The van der Waals surface area contributed by atoms with Crippen LogP contribution in [0.15, 0.2) is 0 Å². The van der Waals surface area contributed by atoms with Crippen molar-refractivity contribution < 1.29 is 9.53 Å². The molecule has 1 aromatic rings. The SMILES string of the molecule is COC(=O)c1c(NC(=S)NCCC(C)C)sc2c1CCCC2. The Morgan fingerprint density at radius 2 is 2.09 bits per heavy atom. The van der Waals surface area contributed by atoms with Gasteiger partial charge in [0.15, 0.2) is 5.11 Å². The number of fused-ring (bicyclic) bond motifs is 1. The zero-order chi connectivity index (χ0) is 16.1. The molecule has 0 atom stereocenters. The van der Waals surface area contributed by atoms with Crippen LogP contribution in [-0.2, 0) is 17.6 Å². The average molecular weight is 341 g/mol. The predicted octanol–water partition coefficient (Wildman–Crippen LogP) is 3.75. The molecular weight excluding hydrogens is 316 g/mol. The van der Waals surface area contributed by atoms with Crippen molar-refractivity contribution in [3.8, 4) is 0 Å². The number of hydrogen-bond donors (Lipinski definition) is 2. The molecule has 122 valence electrons.